The Balaban J connectivity index is 1.73. The van der Waals surface area contributed by atoms with E-state index in [0.717, 1.165) is 25.1 Å². The third-order valence-electron chi connectivity index (χ3n) is 5.06. The summed E-state index contributed by atoms with van der Waals surface area (Å²) in [6.45, 7) is 6.55. The van der Waals surface area contributed by atoms with Crippen LogP contribution in [0.15, 0.2) is 35.7 Å². The molecule has 3 rings (SSSR count). The van der Waals surface area contributed by atoms with Crippen molar-refractivity contribution >= 4 is 28.8 Å². The van der Waals surface area contributed by atoms with Gasteiger partial charge in [0.25, 0.3) is 0 Å². The molecule has 0 saturated carbocycles. The molecule has 1 N–H and O–H groups in total. The van der Waals surface area contributed by atoms with Crippen molar-refractivity contribution in [3.8, 4) is 5.75 Å². The van der Waals surface area contributed by atoms with Gasteiger partial charge in [-0.3, -0.25) is 9.69 Å². The molecule has 1 aromatic carbocycles. The second-order valence-corrected chi connectivity index (χ2v) is 8.94. The van der Waals surface area contributed by atoms with Crippen molar-refractivity contribution in [1.82, 2.24) is 9.80 Å². The Labute approximate surface area is 181 Å². The standard InChI is InChI=1S/C22H29ClN2O3S/c1-3-10-24(13-16(2)26)14-22(27)25-11-8-21-19(9-12-29-21)20(25)15-28-18-6-4-17(23)5-7-18/h4-7,9,12,16,20,26H,3,8,10-11,13-15H2,1-2H3/t16-,20-/m1/s1. The first kappa shape index (κ1) is 22.1. The van der Waals surface area contributed by atoms with E-state index in [1.165, 1.54) is 10.4 Å². The summed E-state index contributed by atoms with van der Waals surface area (Å²) < 4.78 is 6.02. The van der Waals surface area contributed by atoms with E-state index in [0.29, 0.717) is 31.3 Å². The van der Waals surface area contributed by atoms with Crippen LogP contribution in [0.25, 0.3) is 0 Å². The molecule has 1 amide bonds. The molecule has 158 valence electrons. The topological polar surface area (TPSA) is 53.0 Å². The normalized spacial score (nSPS) is 17.3. The first-order valence-electron chi connectivity index (χ1n) is 10.1. The van der Waals surface area contributed by atoms with E-state index in [1.54, 1.807) is 30.4 Å². The molecule has 1 aliphatic rings. The van der Waals surface area contributed by atoms with Crippen LogP contribution >= 0.6 is 22.9 Å². The molecule has 0 unspecified atom stereocenters. The smallest absolute Gasteiger partial charge is 0.237 e. The lowest BCUT2D eigenvalue weighted by Crippen LogP contribution is -2.47. The molecule has 2 aromatic rings. The van der Waals surface area contributed by atoms with E-state index in [9.17, 15) is 9.90 Å². The number of hydrogen-bond acceptors (Lipinski definition) is 5. The molecular weight excluding hydrogens is 408 g/mol. The molecule has 29 heavy (non-hydrogen) atoms. The molecule has 1 aliphatic heterocycles. The Bertz CT molecular complexity index is 794. The number of halogens is 1. The van der Waals surface area contributed by atoms with E-state index in [4.69, 9.17) is 16.3 Å². The van der Waals surface area contributed by atoms with Crippen molar-refractivity contribution in [2.75, 3.05) is 32.8 Å². The van der Waals surface area contributed by atoms with E-state index in [2.05, 4.69) is 18.4 Å². The number of hydrogen-bond donors (Lipinski definition) is 1. The SMILES string of the molecule is CCCN(CC(=O)N1CCc2sccc2[C@H]1COc1ccc(Cl)cc1)C[C@@H](C)O. The largest absolute Gasteiger partial charge is 0.491 e. The number of aliphatic hydroxyl groups excluding tert-OH is 1. The van der Waals surface area contributed by atoms with Crippen LogP contribution in [0.5, 0.6) is 5.75 Å². The van der Waals surface area contributed by atoms with Gasteiger partial charge < -0.3 is 14.7 Å². The van der Waals surface area contributed by atoms with Gasteiger partial charge in [-0.05, 0) is 67.6 Å². The first-order valence-corrected chi connectivity index (χ1v) is 11.4. The van der Waals surface area contributed by atoms with Gasteiger partial charge in [-0.15, -0.1) is 11.3 Å². The number of benzene rings is 1. The zero-order valence-electron chi connectivity index (χ0n) is 17.0. The molecule has 5 nitrogen and oxygen atoms in total. The van der Waals surface area contributed by atoms with Crippen molar-refractivity contribution in [1.29, 1.82) is 0 Å². The molecular formula is C22H29ClN2O3S. The lowest BCUT2D eigenvalue weighted by atomic mass is 10.0. The summed E-state index contributed by atoms with van der Waals surface area (Å²) in [5.41, 5.74) is 1.18. The minimum absolute atomic E-state index is 0.0839. The van der Waals surface area contributed by atoms with Crippen molar-refractivity contribution in [2.24, 2.45) is 0 Å². The highest BCUT2D eigenvalue weighted by molar-refractivity contribution is 7.10. The van der Waals surface area contributed by atoms with Gasteiger partial charge in [0, 0.05) is 23.0 Å². The minimum Gasteiger partial charge on any atom is -0.491 e. The fraction of sp³-hybridized carbons (Fsp3) is 0.500. The Hall–Kier alpha value is -1.60. The molecule has 1 aromatic heterocycles. The molecule has 7 heteroatoms. The second kappa shape index (κ2) is 10.4. The summed E-state index contributed by atoms with van der Waals surface area (Å²) in [5.74, 6) is 0.825. The molecule has 0 aliphatic carbocycles. The number of amides is 1. The molecule has 0 radical (unpaired) electrons. The van der Waals surface area contributed by atoms with Gasteiger partial charge in [0.1, 0.15) is 12.4 Å². The predicted octanol–water partition coefficient (Wildman–Crippen LogP) is 4.00. The molecule has 2 atom stereocenters. The first-order chi connectivity index (χ1) is 14.0. The van der Waals surface area contributed by atoms with Gasteiger partial charge in [0.05, 0.1) is 18.7 Å². The van der Waals surface area contributed by atoms with Crippen LogP contribution in [0, 0.1) is 0 Å². The summed E-state index contributed by atoms with van der Waals surface area (Å²) in [7, 11) is 0. The average Bonchev–Trinajstić information content (AvgIpc) is 3.16. The lowest BCUT2D eigenvalue weighted by molar-refractivity contribution is -0.136. The van der Waals surface area contributed by atoms with Crippen LogP contribution in [-0.4, -0.2) is 59.7 Å². The average molecular weight is 437 g/mol. The number of ether oxygens (including phenoxy) is 1. The van der Waals surface area contributed by atoms with Crippen molar-refractivity contribution in [3.63, 3.8) is 0 Å². The van der Waals surface area contributed by atoms with E-state index in [1.807, 2.05) is 21.9 Å². The van der Waals surface area contributed by atoms with Gasteiger partial charge in [-0.25, -0.2) is 0 Å². The van der Waals surface area contributed by atoms with Crippen molar-refractivity contribution in [3.05, 3.63) is 51.2 Å². The second-order valence-electron chi connectivity index (χ2n) is 7.50. The fourth-order valence-electron chi connectivity index (χ4n) is 3.79. The summed E-state index contributed by atoms with van der Waals surface area (Å²) in [5, 5.41) is 12.5. The van der Waals surface area contributed by atoms with Crippen LogP contribution in [0.2, 0.25) is 5.02 Å². The number of carbonyl (C=O) groups excluding carboxylic acids is 1. The van der Waals surface area contributed by atoms with Crippen molar-refractivity contribution < 1.29 is 14.6 Å². The van der Waals surface area contributed by atoms with E-state index >= 15 is 0 Å². The van der Waals surface area contributed by atoms with Crippen LogP contribution in [0.4, 0.5) is 0 Å². The van der Waals surface area contributed by atoms with Crippen LogP contribution in [0.1, 0.15) is 36.8 Å². The summed E-state index contributed by atoms with van der Waals surface area (Å²) in [6.07, 6.45) is 1.36. The quantitative estimate of drug-likeness (QED) is 0.645. The van der Waals surface area contributed by atoms with Crippen LogP contribution in [-0.2, 0) is 11.2 Å². The van der Waals surface area contributed by atoms with Gasteiger partial charge in [-0.2, -0.15) is 0 Å². The number of rotatable bonds is 9. The molecule has 0 saturated heterocycles. The number of carbonyl (C=O) groups is 1. The Morgan fingerprint density at radius 3 is 2.83 bits per heavy atom. The Kier molecular flexibility index (Phi) is 7.95. The Morgan fingerprint density at radius 2 is 2.14 bits per heavy atom. The maximum Gasteiger partial charge on any atom is 0.237 e. The number of fused-ring (bicyclic) bond motifs is 1. The lowest BCUT2D eigenvalue weighted by Gasteiger charge is -2.37. The highest BCUT2D eigenvalue weighted by atomic mass is 35.5. The maximum absolute atomic E-state index is 13.2. The molecule has 0 fully saturated rings. The van der Waals surface area contributed by atoms with Gasteiger partial charge in [-0.1, -0.05) is 18.5 Å². The maximum atomic E-state index is 13.2. The van der Waals surface area contributed by atoms with Crippen LogP contribution in [0.3, 0.4) is 0 Å². The summed E-state index contributed by atoms with van der Waals surface area (Å²) >= 11 is 7.70. The predicted molar refractivity (Wildman–Crippen MR) is 118 cm³/mol. The minimum atomic E-state index is -0.455. The molecule has 0 spiro atoms. The zero-order chi connectivity index (χ0) is 20.8. The summed E-state index contributed by atoms with van der Waals surface area (Å²) in [6, 6.07) is 9.29. The zero-order valence-corrected chi connectivity index (χ0v) is 18.6. The Morgan fingerprint density at radius 1 is 1.38 bits per heavy atom. The molecule has 2 heterocycles. The fourth-order valence-corrected chi connectivity index (χ4v) is 4.84. The third-order valence-corrected chi connectivity index (χ3v) is 6.31. The van der Waals surface area contributed by atoms with Gasteiger partial charge in [0.2, 0.25) is 5.91 Å². The molecule has 0 bridgehead atoms. The number of aliphatic hydroxyl groups is 1. The van der Waals surface area contributed by atoms with E-state index < -0.39 is 6.10 Å². The van der Waals surface area contributed by atoms with Crippen molar-refractivity contribution in [2.45, 2.75) is 38.8 Å². The third kappa shape index (κ3) is 5.95. The number of nitrogens with zero attached hydrogens (tertiary/aromatic N) is 2. The number of thiophene rings is 1. The monoisotopic (exact) mass is 436 g/mol. The van der Waals surface area contributed by atoms with Gasteiger partial charge in [0.15, 0.2) is 0 Å². The van der Waals surface area contributed by atoms with Crippen LogP contribution < -0.4 is 4.74 Å². The van der Waals surface area contributed by atoms with E-state index in [-0.39, 0.29) is 11.9 Å². The van der Waals surface area contributed by atoms with Gasteiger partial charge >= 0.3 is 0 Å². The highest BCUT2D eigenvalue weighted by Gasteiger charge is 2.32. The highest BCUT2D eigenvalue weighted by Crippen LogP contribution is 2.34. The summed E-state index contributed by atoms with van der Waals surface area (Å²) in [4.78, 5) is 18.5.